The van der Waals surface area contributed by atoms with Gasteiger partial charge in [-0.3, -0.25) is 33.6 Å². The molecule has 0 spiro atoms. The highest BCUT2D eigenvalue weighted by Gasteiger charge is 2.43. The second-order valence-electron chi connectivity index (χ2n) is 23.4. The van der Waals surface area contributed by atoms with Crippen LogP contribution in [0.3, 0.4) is 0 Å². The molecule has 2 heterocycles. The number of esters is 2. The van der Waals surface area contributed by atoms with Crippen molar-refractivity contribution in [1.29, 1.82) is 0 Å². The summed E-state index contributed by atoms with van der Waals surface area (Å²) in [6, 6.07) is 30.5. The Morgan fingerprint density at radius 1 is 0.689 bits per heavy atom. The van der Waals surface area contributed by atoms with Gasteiger partial charge in [0.25, 0.3) is 11.8 Å². The molecule has 21 nitrogen and oxygen atoms in total. The first kappa shape index (κ1) is 68.0. The van der Waals surface area contributed by atoms with Crippen LogP contribution in [0.2, 0.25) is 0 Å². The number of carbonyl (C=O) groups excluding carboxylic acids is 9. The van der Waals surface area contributed by atoms with Crippen molar-refractivity contribution in [2.45, 2.75) is 102 Å². The maximum Gasteiger partial charge on any atom is 0.330 e. The minimum atomic E-state index is -1.53. The minimum Gasteiger partial charge on any atom is -0.508 e. The molecule has 5 aromatic carbocycles. The number of fused-ring (bicyclic) bond motifs is 3. The topological polar surface area (TPSA) is 265 Å². The van der Waals surface area contributed by atoms with E-state index in [0.29, 0.717) is 29.5 Å². The van der Waals surface area contributed by atoms with Crippen molar-refractivity contribution in [1.82, 2.24) is 24.9 Å². The average Bonchev–Trinajstić information content (AvgIpc) is 2.08. The molecule has 0 aliphatic carbocycles. The number of methoxy groups -OCH3 is 2. The fourth-order valence-corrected chi connectivity index (χ4v) is 10.9. The van der Waals surface area contributed by atoms with E-state index < -0.39 is 108 Å². The van der Waals surface area contributed by atoms with Gasteiger partial charge in [-0.15, -0.1) is 0 Å². The number of aryl methyl sites for hydroxylation is 1. The second kappa shape index (κ2) is 32.1. The molecule has 2 aliphatic heterocycles. The van der Waals surface area contributed by atoms with Crippen molar-refractivity contribution in [3.8, 4) is 28.7 Å². The molecule has 3 N–H and O–H groups in total. The highest BCUT2D eigenvalue weighted by molar-refractivity contribution is 6.38. The molecule has 21 heteroatoms. The highest BCUT2D eigenvalue weighted by Crippen LogP contribution is 2.39. The summed E-state index contributed by atoms with van der Waals surface area (Å²) in [5.41, 5.74) is 1.56. The molecule has 2 bridgehead atoms. The summed E-state index contributed by atoms with van der Waals surface area (Å²) in [6.45, 7) is 1.53. The lowest BCUT2D eigenvalue weighted by molar-refractivity contribution is -0.165. The van der Waals surface area contributed by atoms with E-state index in [9.17, 15) is 53.4 Å². The summed E-state index contributed by atoms with van der Waals surface area (Å²) in [5.74, 6) is -6.88. The first-order valence-electron chi connectivity index (χ1n) is 30.0. The predicted molar refractivity (Wildman–Crippen MR) is 332 cm³/mol. The van der Waals surface area contributed by atoms with Crippen LogP contribution >= 0.6 is 0 Å². The smallest absolute Gasteiger partial charge is 0.330 e. The fourth-order valence-electron chi connectivity index (χ4n) is 10.9. The third-order valence-electron chi connectivity index (χ3n) is 16.1. The number of rotatable bonds is 11. The first-order valence-corrected chi connectivity index (χ1v) is 30.0. The zero-order valence-electron chi connectivity index (χ0n) is 52.1. The van der Waals surface area contributed by atoms with Gasteiger partial charge in [0.15, 0.2) is 23.9 Å². The summed E-state index contributed by atoms with van der Waals surface area (Å²) in [6.07, 6.45) is 3.10. The molecule has 0 aromatic heterocycles. The summed E-state index contributed by atoms with van der Waals surface area (Å²) in [4.78, 5) is 133. The number of piperidine rings is 1. The lowest BCUT2D eigenvalue weighted by Crippen LogP contribution is -2.53. The van der Waals surface area contributed by atoms with Gasteiger partial charge in [-0.1, -0.05) is 91.0 Å². The highest BCUT2D eigenvalue weighted by atomic mass is 16.5. The van der Waals surface area contributed by atoms with Gasteiger partial charge in [-0.2, -0.15) is 0 Å². The number of hydrogen-bond acceptors (Lipinski definition) is 16. The fraction of sp³-hybridized carbons (Fsp3) is 0.406. The number of nitrogens with one attached hydrogen (secondary N) is 1. The van der Waals surface area contributed by atoms with E-state index in [1.165, 1.54) is 86.0 Å². The van der Waals surface area contributed by atoms with Gasteiger partial charge in [-0.05, 0) is 129 Å². The number of phenols is 2. The van der Waals surface area contributed by atoms with Crippen LogP contribution in [0.15, 0.2) is 133 Å². The van der Waals surface area contributed by atoms with E-state index in [0.717, 1.165) is 17.2 Å². The molecular weight excluding hydrogens is 1150 g/mol. The Hall–Kier alpha value is -9.53. The number of phenolic OH excluding ortho intramolecular Hbond substituents is 2. The SMILES string of the molecule is COc1cc(CC[C@H]2OC(=O)[C@@H]3CCCCN3C(=O)C(=O)C(C)(C)COC(=O)C=CCCN(C)C(=O)[C@@H](Cc3ccccc3)NC(=O)CN(C)C(=O)[C@@H](Cc3ccccc3)CC(=O)[C@H](Cc3ccc(O)cc3)N(C)C(=O)COc3cccc2c3)cc(O)c1OC. The Morgan fingerprint density at radius 2 is 1.37 bits per heavy atom. The maximum absolute atomic E-state index is 15.0. The van der Waals surface area contributed by atoms with Gasteiger partial charge in [0.1, 0.15) is 36.3 Å². The van der Waals surface area contributed by atoms with E-state index in [2.05, 4.69) is 5.32 Å². The zero-order valence-corrected chi connectivity index (χ0v) is 52.1. The molecule has 0 unspecified atom stereocenters. The van der Waals surface area contributed by atoms with Crippen LogP contribution < -0.4 is 19.5 Å². The number of carbonyl (C=O) groups is 9. The number of Topliss-reactive ketones (excluding diaryl/α,β-unsaturated/α-hetero) is 2. The van der Waals surface area contributed by atoms with E-state index in [1.807, 2.05) is 36.4 Å². The molecule has 90 heavy (non-hydrogen) atoms. The number of nitrogens with zero attached hydrogens (tertiary/aromatic N) is 4. The molecule has 7 rings (SSSR count). The van der Waals surface area contributed by atoms with Crippen molar-refractivity contribution in [2.75, 3.05) is 68.2 Å². The number of ether oxygens (including phenoxy) is 5. The van der Waals surface area contributed by atoms with E-state index in [4.69, 9.17) is 23.7 Å². The van der Waals surface area contributed by atoms with Gasteiger partial charge in [-0.25, -0.2) is 9.59 Å². The number of cyclic esters (lactones) is 2. The van der Waals surface area contributed by atoms with Crippen LogP contribution in [0.4, 0.5) is 0 Å². The van der Waals surface area contributed by atoms with E-state index in [1.54, 1.807) is 73.8 Å². The van der Waals surface area contributed by atoms with Crippen LogP contribution in [-0.2, 0) is 78.3 Å². The maximum atomic E-state index is 15.0. The Labute approximate surface area is 524 Å². The summed E-state index contributed by atoms with van der Waals surface area (Å²) < 4.78 is 28.8. The van der Waals surface area contributed by atoms with Gasteiger partial charge < -0.3 is 58.8 Å². The van der Waals surface area contributed by atoms with Crippen molar-refractivity contribution in [2.24, 2.45) is 11.3 Å². The first-order chi connectivity index (χ1) is 43.0. The minimum absolute atomic E-state index is 0.0161. The second-order valence-corrected chi connectivity index (χ2v) is 23.4. The molecular formula is C69H81N5O16. The molecule has 5 atom stereocenters. The van der Waals surface area contributed by atoms with Crippen molar-refractivity contribution >= 4 is 53.0 Å². The summed E-state index contributed by atoms with van der Waals surface area (Å²) >= 11 is 0. The molecule has 1 fully saturated rings. The summed E-state index contributed by atoms with van der Waals surface area (Å²) in [5, 5.41) is 23.9. The number of aromatic hydroxyl groups is 2. The zero-order chi connectivity index (χ0) is 65.1. The van der Waals surface area contributed by atoms with Crippen molar-refractivity contribution in [3.63, 3.8) is 0 Å². The normalized spacial score (nSPS) is 21.1. The molecule has 0 saturated carbocycles. The Morgan fingerprint density at radius 3 is 2.04 bits per heavy atom. The standard InChI is InChI=1S/C69H81N5O16/c1-69(2)44-89-62(80)26-15-16-33-71(3)66(83)53(36-46-21-12-9-13-22-46)70-60(78)42-72(4)65(82)50(35-45-19-10-8-11-20-45)41-56(76)55(37-47-27-30-51(75)31-28-47)73(5)61(79)43-88-52-24-18-23-49(40-52)58(32-29-48-38-57(77)63(87-7)59(39-48)86-6)90-68(85)54-25-14-17-34-74(54)67(84)64(69)81/h8-13,15,18-24,26-28,30-31,38-40,50,53-55,58,75,77H,14,16-17,25,29,32-37,41-44H2,1-7H3,(H,70,78)/t50-,53+,54-,55-,58+/m0/s1. The largest absolute Gasteiger partial charge is 0.508 e. The molecule has 5 amide bonds. The average molecular weight is 1240 g/mol. The molecule has 1 saturated heterocycles. The van der Waals surface area contributed by atoms with Crippen LogP contribution in [0, 0.1) is 11.3 Å². The quantitative estimate of drug-likeness (QED) is 0.0915. The third kappa shape index (κ3) is 18.8. The lowest BCUT2D eigenvalue weighted by atomic mass is 9.87. The van der Waals surface area contributed by atoms with Crippen LogP contribution in [0.1, 0.15) is 86.3 Å². The molecule has 5 aromatic rings. The predicted octanol–water partition coefficient (Wildman–Crippen LogP) is 6.72. The molecule has 478 valence electrons. The lowest BCUT2D eigenvalue weighted by Gasteiger charge is -2.36. The van der Waals surface area contributed by atoms with Gasteiger partial charge >= 0.3 is 11.9 Å². The van der Waals surface area contributed by atoms with Crippen LogP contribution in [-0.4, -0.2) is 169 Å². The Balaban J connectivity index is 1.22. The van der Waals surface area contributed by atoms with Crippen LogP contribution in [0.5, 0.6) is 28.7 Å². The summed E-state index contributed by atoms with van der Waals surface area (Å²) in [7, 11) is 7.25. The third-order valence-corrected chi connectivity index (χ3v) is 16.1. The number of likely N-dealkylation sites (N-methyl/N-ethyl adjacent to an activating group) is 3. The molecule has 0 radical (unpaired) electrons. The van der Waals surface area contributed by atoms with Crippen LogP contribution in [0.25, 0.3) is 0 Å². The number of hydrogen-bond donors (Lipinski definition) is 3. The monoisotopic (exact) mass is 1240 g/mol. The Bertz CT molecular complexity index is 3370. The number of ketones is 2. The van der Waals surface area contributed by atoms with Gasteiger partial charge in [0, 0.05) is 59.1 Å². The van der Waals surface area contributed by atoms with Gasteiger partial charge in [0.05, 0.1) is 32.2 Å². The number of amides is 5. The Kier molecular flexibility index (Phi) is 24.2. The number of benzene rings is 5. The van der Waals surface area contributed by atoms with Crippen molar-refractivity contribution in [3.05, 3.63) is 161 Å². The van der Waals surface area contributed by atoms with E-state index in [-0.39, 0.29) is 93.2 Å². The van der Waals surface area contributed by atoms with Crippen molar-refractivity contribution < 1.29 is 77.0 Å². The van der Waals surface area contributed by atoms with Gasteiger partial charge in [0.2, 0.25) is 29.3 Å². The van der Waals surface area contributed by atoms with E-state index >= 15 is 0 Å². The molecule has 2 aliphatic rings.